The van der Waals surface area contributed by atoms with E-state index in [1.54, 1.807) is 0 Å². The third-order valence-corrected chi connectivity index (χ3v) is 4.52. The molecule has 0 bridgehead atoms. The van der Waals surface area contributed by atoms with Gasteiger partial charge in [0.25, 0.3) is 0 Å². The van der Waals surface area contributed by atoms with Crippen LogP contribution in [0.3, 0.4) is 0 Å². The Labute approximate surface area is 123 Å². The molecular weight excluding hydrogens is 246 g/mol. The fourth-order valence-corrected chi connectivity index (χ4v) is 3.04. The molecule has 1 atom stereocenters. The molecule has 0 spiro atoms. The summed E-state index contributed by atoms with van der Waals surface area (Å²) < 4.78 is 5.51. The van der Waals surface area contributed by atoms with Gasteiger partial charge in [-0.25, -0.2) is 0 Å². The van der Waals surface area contributed by atoms with Gasteiger partial charge in [0.2, 0.25) is 0 Å². The number of aryl methyl sites for hydroxylation is 2. The maximum absolute atomic E-state index is 5.51. The first kappa shape index (κ1) is 15.5. The summed E-state index contributed by atoms with van der Waals surface area (Å²) in [6, 6.07) is 7.50. The van der Waals surface area contributed by atoms with Gasteiger partial charge in [0, 0.05) is 19.3 Å². The van der Waals surface area contributed by atoms with Crippen LogP contribution in [0.5, 0.6) is 0 Å². The Kier molecular flexibility index (Phi) is 6.06. The highest BCUT2D eigenvalue weighted by molar-refractivity contribution is 5.30. The lowest BCUT2D eigenvalue weighted by molar-refractivity contribution is 0.0538. The normalized spacial score (nSPS) is 18.1. The van der Waals surface area contributed by atoms with E-state index in [9.17, 15) is 0 Å². The van der Waals surface area contributed by atoms with Crippen molar-refractivity contribution in [1.29, 1.82) is 0 Å². The van der Waals surface area contributed by atoms with Crippen molar-refractivity contribution in [3.05, 3.63) is 34.9 Å². The third kappa shape index (κ3) is 4.32. The maximum atomic E-state index is 5.51. The highest BCUT2D eigenvalue weighted by Crippen LogP contribution is 2.22. The second-order valence-electron chi connectivity index (χ2n) is 6.13. The first-order chi connectivity index (χ1) is 9.70. The zero-order chi connectivity index (χ0) is 14.4. The first-order valence-electron chi connectivity index (χ1n) is 8.08. The van der Waals surface area contributed by atoms with Crippen molar-refractivity contribution in [2.45, 2.75) is 52.5 Å². The molecule has 1 aromatic carbocycles. The molecule has 1 heterocycles. The van der Waals surface area contributed by atoms with Crippen LogP contribution in [-0.4, -0.2) is 25.8 Å². The quantitative estimate of drug-likeness (QED) is 0.856. The molecule has 1 aromatic rings. The van der Waals surface area contributed by atoms with Gasteiger partial charge in [-0.2, -0.15) is 0 Å². The van der Waals surface area contributed by atoms with Gasteiger partial charge in [0.05, 0.1) is 0 Å². The van der Waals surface area contributed by atoms with Gasteiger partial charge < -0.3 is 10.1 Å². The molecule has 20 heavy (non-hydrogen) atoms. The van der Waals surface area contributed by atoms with E-state index >= 15 is 0 Å². The summed E-state index contributed by atoms with van der Waals surface area (Å²) in [5.41, 5.74) is 4.26. The average Bonchev–Trinajstić information content (AvgIpc) is 2.48. The molecule has 0 radical (unpaired) electrons. The number of hydrogen-bond acceptors (Lipinski definition) is 2. The molecule has 2 heteroatoms. The molecule has 1 aliphatic heterocycles. The number of benzene rings is 1. The molecule has 2 nitrogen and oxygen atoms in total. The number of rotatable bonds is 6. The van der Waals surface area contributed by atoms with Crippen molar-refractivity contribution < 1.29 is 4.74 Å². The number of hydrogen-bond donors (Lipinski definition) is 1. The lowest BCUT2D eigenvalue weighted by Crippen LogP contribution is -2.41. The summed E-state index contributed by atoms with van der Waals surface area (Å²) in [6.07, 6.45) is 4.75. The van der Waals surface area contributed by atoms with Crippen LogP contribution in [0.1, 0.15) is 42.9 Å². The summed E-state index contributed by atoms with van der Waals surface area (Å²) in [5.74, 6) is 0.761. The Morgan fingerprint density at radius 2 is 1.95 bits per heavy atom. The topological polar surface area (TPSA) is 21.3 Å². The minimum atomic E-state index is 0.598. The van der Waals surface area contributed by atoms with E-state index in [0.29, 0.717) is 6.04 Å². The van der Waals surface area contributed by atoms with Crippen LogP contribution in [0.25, 0.3) is 0 Å². The Bertz CT molecular complexity index is 410. The monoisotopic (exact) mass is 275 g/mol. The maximum Gasteiger partial charge on any atom is 0.0469 e. The van der Waals surface area contributed by atoms with Gasteiger partial charge in [-0.15, -0.1) is 0 Å². The zero-order valence-corrected chi connectivity index (χ0v) is 13.2. The van der Waals surface area contributed by atoms with Crippen molar-refractivity contribution in [3.63, 3.8) is 0 Å². The predicted octanol–water partition coefficient (Wildman–Crippen LogP) is 3.64. The lowest BCUT2D eigenvalue weighted by Gasteiger charge is -2.31. The summed E-state index contributed by atoms with van der Waals surface area (Å²) in [5, 5.41) is 3.77. The molecule has 0 aliphatic carbocycles. The SMILES string of the molecule is CCCNC(Cc1ccc(C)c(C)c1)C1CCOCC1. The molecular formula is C18H29NO. The third-order valence-electron chi connectivity index (χ3n) is 4.52. The summed E-state index contributed by atoms with van der Waals surface area (Å²) in [7, 11) is 0. The van der Waals surface area contributed by atoms with Crippen molar-refractivity contribution in [3.8, 4) is 0 Å². The smallest absolute Gasteiger partial charge is 0.0469 e. The van der Waals surface area contributed by atoms with Crippen molar-refractivity contribution in [2.75, 3.05) is 19.8 Å². The highest BCUT2D eigenvalue weighted by Gasteiger charge is 2.23. The highest BCUT2D eigenvalue weighted by atomic mass is 16.5. The number of ether oxygens (including phenoxy) is 1. The molecule has 2 rings (SSSR count). The minimum Gasteiger partial charge on any atom is -0.381 e. The second kappa shape index (κ2) is 7.80. The summed E-state index contributed by atoms with van der Waals surface area (Å²) in [4.78, 5) is 0. The van der Waals surface area contributed by atoms with E-state index in [2.05, 4.69) is 44.3 Å². The van der Waals surface area contributed by atoms with E-state index in [1.807, 2.05) is 0 Å². The van der Waals surface area contributed by atoms with Crippen LogP contribution < -0.4 is 5.32 Å². The second-order valence-corrected chi connectivity index (χ2v) is 6.13. The van der Waals surface area contributed by atoms with Crippen LogP contribution >= 0.6 is 0 Å². The zero-order valence-electron chi connectivity index (χ0n) is 13.2. The van der Waals surface area contributed by atoms with Crippen LogP contribution in [-0.2, 0) is 11.2 Å². The molecule has 0 saturated carbocycles. The van der Waals surface area contributed by atoms with Gasteiger partial charge in [0.1, 0.15) is 0 Å². The number of nitrogens with one attached hydrogen (secondary N) is 1. The Morgan fingerprint density at radius 1 is 1.20 bits per heavy atom. The summed E-state index contributed by atoms with van der Waals surface area (Å²) in [6.45, 7) is 9.62. The standard InChI is InChI=1S/C18H29NO/c1-4-9-19-18(17-7-10-20-11-8-17)13-16-6-5-14(2)15(3)12-16/h5-6,12,17-19H,4,7-11,13H2,1-3H3. The van der Waals surface area contributed by atoms with E-state index in [1.165, 1.54) is 36.0 Å². The molecule has 1 N–H and O–H groups in total. The molecule has 1 unspecified atom stereocenters. The van der Waals surface area contributed by atoms with Crippen LogP contribution in [0.4, 0.5) is 0 Å². The molecule has 1 aliphatic rings. The molecule has 0 aromatic heterocycles. The predicted molar refractivity (Wildman–Crippen MR) is 85.2 cm³/mol. The van der Waals surface area contributed by atoms with Gasteiger partial charge in [-0.05, 0) is 68.7 Å². The average molecular weight is 275 g/mol. The summed E-state index contributed by atoms with van der Waals surface area (Å²) >= 11 is 0. The minimum absolute atomic E-state index is 0.598. The van der Waals surface area contributed by atoms with Crippen molar-refractivity contribution in [2.24, 2.45) is 5.92 Å². The molecule has 112 valence electrons. The van der Waals surface area contributed by atoms with Crippen LogP contribution in [0, 0.1) is 19.8 Å². The van der Waals surface area contributed by atoms with Gasteiger partial charge in [-0.3, -0.25) is 0 Å². The molecule has 1 fully saturated rings. The molecule has 1 saturated heterocycles. The Balaban J connectivity index is 2.03. The fourth-order valence-electron chi connectivity index (χ4n) is 3.04. The Hall–Kier alpha value is -0.860. The van der Waals surface area contributed by atoms with E-state index < -0.39 is 0 Å². The van der Waals surface area contributed by atoms with E-state index in [4.69, 9.17) is 4.74 Å². The Morgan fingerprint density at radius 3 is 2.60 bits per heavy atom. The lowest BCUT2D eigenvalue weighted by atomic mass is 9.87. The fraction of sp³-hybridized carbons (Fsp3) is 0.667. The van der Waals surface area contributed by atoms with Crippen LogP contribution in [0.15, 0.2) is 18.2 Å². The van der Waals surface area contributed by atoms with E-state index in [0.717, 1.165) is 32.1 Å². The van der Waals surface area contributed by atoms with Crippen molar-refractivity contribution in [1.82, 2.24) is 5.32 Å². The van der Waals surface area contributed by atoms with E-state index in [-0.39, 0.29) is 0 Å². The van der Waals surface area contributed by atoms with Gasteiger partial charge in [0.15, 0.2) is 0 Å². The first-order valence-corrected chi connectivity index (χ1v) is 8.08. The molecule has 0 amide bonds. The van der Waals surface area contributed by atoms with Gasteiger partial charge >= 0.3 is 0 Å². The van der Waals surface area contributed by atoms with Crippen molar-refractivity contribution >= 4 is 0 Å². The largest absolute Gasteiger partial charge is 0.381 e. The van der Waals surface area contributed by atoms with Crippen LogP contribution in [0.2, 0.25) is 0 Å². The van der Waals surface area contributed by atoms with Gasteiger partial charge in [-0.1, -0.05) is 25.1 Å².